The number of likely N-dealkylation sites (N-methyl/N-ethyl adjacent to an activating group) is 1. The SMILES string of the molecule is COC(=O)CC(C)CN(C)CC(=O)OC. The molecule has 1 unspecified atom stereocenters. The molecular formula is C10H19NO4. The van der Waals surface area contributed by atoms with Gasteiger partial charge in [0.15, 0.2) is 0 Å². The maximum Gasteiger partial charge on any atom is 0.319 e. The summed E-state index contributed by atoms with van der Waals surface area (Å²) in [5.74, 6) is -0.344. The molecule has 0 amide bonds. The molecular weight excluding hydrogens is 198 g/mol. The molecule has 0 bridgehead atoms. The van der Waals surface area contributed by atoms with Crippen LogP contribution >= 0.6 is 0 Å². The zero-order chi connectivity index (χ0) is 11.8. The summed E-state index contributed by atoms with van der Waals surface area (Å²) in [4.78, 5) is 23.7. The normalized spacial score (nSPS) is 12.3. The van der Waals surface area contributed by atoms with Crippen LogP contribution < -0.4 is 0 Å². The summed E-state index contributed by atoms with van der Waals surface area (Å²) in [7, 11) is 4.53. The molecule has 0 radical (unpaired) electrons. The van der Waals surface area contributed by atoms with Crippen LogP contribution in [0.1, 0.15) is 13.3 Å². The van der Waals surface area contributed by atoms with Gasteiger partial charge < -0.3 is 9.47 Å². The van der Waals surface area contributed by atoms with Gasteiger partial charge in [-0.05, 0) is 13.0 Å². The Balaban J connectivity index is 3.80. The van der Waals surface area contributed by atoms with E-state index in [0.717, 1.165) is 0 Å². The number of nitrogens with zero attached hydrogens (tertiary/aromatic N) is 1. The van der Waals surface area contributed by atoms with Gasteiger partial charge in [-0.25, -0.2) is 0 Å². The standard InChI is InChI=1S/C10H19NO4/c1-8(5-9(12)14-3)6-11(2)7-10(13)15-4/h8H,5-7H2,1-4H3. The van der Waals surface area contributed by atoms with E-state index in [1.807, 2.05) is 18.9 Å². The second-order valence-corrected chi connectivity index (χ2v) is 3.66. The van der Waals surface area contributed by atoms with Crippen LogP contribution in [0, 0.1) is 5.92 Å². The molecule has 1 atom stereocenters. The molecule has 0 aromatic carbocycles. The molecule has 0 aliphatic heterocycles. The van der Waals surface area contributed by atoms with Crippen LogP contribution in [-0.2, 0) is 19.1 Å². The second kappa shape index (κ2) is 7.23. The average Bonchev–Trinajstić information content (AvgIpc) is 2.16. The molecule has 0 heterocycles. The summed E-state index contributed by atoms with van der Waals surface area (Å²) < 4.78 is 9.09. The molecule has 5 nitrogen and oxygen atoms in total. The number of carbonyl (C=O) groups excluding carboxylic acids is 2. The minimum absolute atomic E-state index is 0.159. The van der Waals surface area contributed by atoms with Crippen LogP contribution in [0.5, 0.6) is 0 Å². The molecule has 0 saturated carbocycles. The van der Waals surface area contributed by atoms with Crippen molar-refractivity contribution in [1.82, 2.24) is 4.90 Å². The Morgan fingerprint density at radius 2 is 1.73 bits per heavy atom. The van der Waals surface area contributed by atoms with Gasteiger partial charge >= 0.3 is 11.9 Å². The Bertz CT molecular complexity index is 195. The summed E-state index contributed by atoms with van der Waals surface area (Å²) in [5.41, 5.74) is 0. The van der Waals surface area contributed by atoms with Crippen molar-refractivity contribution in [2.24, 2.45) is 5.92 Å². The topological polar surface area (TPSA) is 55.8 Å². The van der Waals surface area contributed by atoms with E-state index in [9.17, 15) is 9.59 Å². The molecule has 0 rings (SSSR count). The Morgan fingerprint density at radius 3 is 2.20 bits per heavy atom. The lowest BCUT2D eigenvalue weighted by Crippen LogP contribution is -2.31. The molecule has 0 fully saturated rings. The summed E-state index contributed by atoms with van der Waals surface area (Å²) in [6, 6.07) is 0. The van der Waals surface area contributed by atoms with Crippen LogP contribution in [0.3, 0.4) is 0 Å². The molecule has 15 heavy (non-hydrogen) atoms. The quantitative estimate of drug-likeness (QED) is 0.598. The number of methoxy groups -OCH3 is 2. The van der Waals surface area contributed by atoms with E-state index >= 15 is 0 Å². The predicted molar refractivity (Wildman–Crippen MR) is 55.3 cm³/mol. The van der Waals surface area contributed by atoms with Crippen LogP contribution in [0.4, 0.5) is 0 Å². The lowest BCUT2D eigenvalue weighted by molar-refractivity contribution is -0.142. The van der Waals surface area contributed by atoms with Gasteiger partial charge in [0.1, 0.15) is 0 Å². The van der Waals surface area contributed by atoms with Gasteiger partial charge in [-0.2, -0.15) is 0 Å². The Hall–Kier alpha value is -1.10. The maximum absolute atomic E-state index is 10.9. The van der Waals surface area contributed by atoms with Crippen molar-refractivity contribution in [2.45, 2.75) is 13.3 Å². The summed E-state index contributed by atoms with van der Waals surface area (Å²) in [6.45, 7) is 2.83. The van der Waals surface area contributed by atoms with Crippen molar-refractivity contribution in [3.63, 3.8) is 0 Å². The summed E-state index contributed by atoms with van der Waals surface area (Å²) in [6.07, 6.45) is 0.363. The molecule has 0 aromatic heterocycles. The van der Waals surface area contributed by atoms with Crippen molar-refractivity contribution < 1.29 is 19.1 Å². The van der Waals surface area contributed by atoms with Gasteiger partial charge in [-0.15, -0.1) is 0 Å². The molecule has 88 valence electrons. The molecule has 0 N–H and O–H groups in total. The largest absolute Gasteiger partial charge is 0.469 e. The highest BCUT2D eigenvalue weighted by Crippen LogP contribution is 2.04. The fourth-order valence-electron chi connectivity index (χ4n) is 1.31. The first kappa shape index (κ1) is 13.9. The van der Waals surface area contributed by atoms with Crippen molar-refractivity contribution in [3.05, 3.63) is 0 Å². The van der Waals surface area contributed by atoms with Gasteiger partial charge in [-0.3, -0.25) is 14.5 Å². The summed E-state index contributed by atoms with van der Waals surface area (Å²) >= 11 is 0. The minimum Gasteiger partial charge on any atom is -0.469 e. The third kappa shape index (κ3) is 6.90. The van der Waals surface area contributed by atoms with Crippen LogP contribution in [0.25, 0.3) is 0 Å². The first-order valence-electron chi connectivity index (χ1n) is 4.81. The zero-order valence-corrected chi connectivity index (χ0v) is 9.78. The lowest BCUT2D eigenvalue weighted by atomic mass is 10.1. The van der Waals surface area contributed by atoms with E-state index < -0.39 is 0 Å². The van der Waals surface area contributed by atoms with E-state index in [1.165, 1.54) is 14.2 Å². The highest BCUT2D eigenvalue weighted by atomic mass is 16.5. The van der Waals surface area contributed by atoms with Crippen molar-refractivity contribution in [1.29, 1.82) is 0 Å². The number of ether oxygens (including phenoxy) is 2. The molecule has 5 heteroatoms. The minimum atomic E-state index is -0.275. The van der Waals surface area contributed by atoms with Gasteiger partial charge in [0, 0.05) is 13.0 Å². The second-order valence-electron chi connectivity index (χ2n) is 3.66. The Kier molecular flexibility index (Phi) is 6.70. The van der Waals surface area contributed by atoms with Gasteiger partial charge in [0.2, 0.25) is 0 Å². The molecule has 0 spiro atoms. The van der Waals surface area contributed by atoms with Crippen LogP contribution in [0.15, 0.2) is 0 Å². The number of rotatable bonds is 6. The molecule has 0 aliphatic rings. The zero-order valence-electron chi connectivity index (χ0n) is 9.78. The van der Waals surface area contributed by atoms with Crippen molar-refractivity contribution >= 4 is 11.9 Å². The third-order valence-electron chi connectivity index (χ3n) is 1.99. The lowest BCUT2D eigenvalue weighted by Gasteiger charge is -2.19. The van der Waals surface area contributed by atoms with Crippen molar-refractivity contribution in [2.75, 3.05) is 34.4 Å². The average molecular weight is 217 g/mol. The van der Waals surface area contributed by atoms with E-state index in [1.54, 1.807) is 0 Å². The number of hydrogen-bond donors (Lipinski definition) is 0. The first-order chi connectivity index (χ1) is 6.99. The predicted octanol–water partition coefficient (Wildman–Crippen LogP) is 0.290. The van der Waals surface area contributed by atoms with E-state index in [-0.39, 0.29) is 24.4 Å². The first-order valence-corrected chi connectivity index (χ1v) is 4.81. The highest BCUT2D eigenvalue weighted by Gasteiger charge is 2.13. The van der Waals surface area contributed by atoms with Gasteiger partial charge in [0.05, 0.1) is 20.8 Å². The van der Waals surface area contributed by atoms with Crippen LogP contribution in [0.2, 0.25) is 0 Å². The van der Waals surface area contributed by atoms with Gasteiger partial charge in [0.25, 0.3) is 0 Å². The molecule has 0 aliphatic carbocycles. The Labute approximate surface area is 90.3 Å². The number of hydrogen-bond acceptors (Lipinski definition) is 5. The smallest absolute Gasteiger partial charge is 0.319 e. The number of carbonyl (C=O) groups is 2. The maximum atomic E-state index is 10.9. The van der Waals surface area contributed by atoms with E-state index in [2.05, 4.69) is 9.47 Å². The van der Waals surface area contributed by atoms with E-state index in [4.69, 9.17) is 0 Å². The summed E-state index contributed by atoms with van der Waals surface area (Å²) in [5, 5.41) is 0. The van der Waals surface area contributed by atoms with Crippen molar-refractivity contribution in [3.8, 4) is 0 Å². The highest BCUT2D eigenvalue weighted by molar-refractivity contribution is 5.71. The van der Waals surface area contributed by atoms with Crippen LogP contribution in [-0.4, -0.2) is 51.2 Å². The molecule has 0 aromatic rings. The molecule has 0 saturated heterocycles. The van der Waals surface area contributed by atoms with Gasteiger partial charge in [-0.1, -0.05) is 6.92 Å². The van der Waals surface area contributed by atoms with E-state index in [0.29, 0.717) is 13.0 Å². The Morgan fingerprint density at radius 1 is 1.20 bits per heavy atom. The fraction of sp³-hybridized carbons (Fsp3) is 0.800. The monoisotopic (exact) mass is 217 g/mol. The fourth-order valence-corrected chi connectivity index (χ4v) is 1.31. The third-order valence-corrected chi connectivity index (χ3v) is 1.99. The number of esters is 2.